The summed E-state index contributed by atoms with van der Waals surface area (Å²) in [5.74, 6) is 0.725. The Morgan fingerprint density at radius 1 is 1.15 bits per heavy atom. The molecule has 0 radical (unpaired) electrons. The fourth-order valence-corrected chi connectivity index (χ4v) is 4.84. The molecule has 1 aromatic carbocycles. The molecule has 2 fully saturated rings. The predicted molar refractivity (Wildman–Crippen MR) is 108 cm³/mol. The minimum absolute atomic E-state index is 0.663. The first-order valence-electron chi connectivity index (χ1n) is 10.3. The van der Waals surface area contributed by atoms with Gasteiger partial charge in [-0.25, -0.2) is 0 Å². The van der Waals surface area contributed by atoms with Crippen LogP contribution >= 0.6 is 0 Å². The number of aromatic amines is 1. The van der Waals surface area contributed by atoms with Crippen molar-refractivity contribution in [2.24, 2.45) is 0 Å². The molecule has 1 N–H and O–H groups in total. The number of nitrogens with zero attached hydrogens (tertiary/aromatic N) is 2. The molecule has 2 aliphatic heterocycles. The summed E-state index contributed by atoms with van der Waals surface area (Å²) in [5, 5.41) is 1.44. The van der Waals surface area contributed by atoms with Crippen molar-refractivity contribution < 1.29 is 4.74 Å². The predicted octanol–water partition coefficient (Wildman–Crippen LogP) is 3.63. The maximum atomic E-state index is 5.30. The van der Waals surface area contributed by atoms with E-state index in [2.05, 4.69) is 46.2 Å². The van der Waals surface area contributed by atoms with Crippen molar-refractivity contribution in [3.05, 3.63) is 35.5 Å². The van der Waals surface area contributed by atoms with Crippen LogP contribution in [0.1, 0.15) is 42.7 Å². The first-order chi connectivity index (χ1) is 12.7. The third-order valence-electron chi connectivity index (χ3n) is 6.52. The van der Waals surface area contributed by atoms with Crippen LogP contribution in [0.5, 0.6) is 0 Å². The molecule has 4 nitrogen and oxygen atoms in total. The molecule has 26 heavy (non-hydrogen) atoms. The first kappa shape index (κ1) is 18.0. The fraction of sp³-hybridized carbons (Fsp3) is 0.636. The zero-order valence-electron chi connectivity index (χ0n) is 16.3. The van der Waals surface area contributed by atoms with Crippen LogP contribution in [-0.4, -0.2) is 67.8 Å². The first-order valence-corrected chi connectivity index (χ1v) is 10.3. The second kappa shape index (κ2) is 8.12. The Labute approximate surface area is 157 Å². The van der Waals surface area contributed by atoms with Gasteiger partial charge in [0.1, 0.15) is 0 Å². The number of hydrogen-bond donors (Lipinski definition) is 1. The quantitative estimate of drug-likeness (QED) is 0.859. The van der Waals surface area contributed by atoms with E-state index in [4.69, 9.17) is 4.74 Å². The molecule has 4 heteroatoms. The number of fused-ring (bicyclic) bond motifs is 1. The van der Waals surface area contributed by atoms with Gasteiger partial charge in [-0.2, -0.15) is 0 Å². The molecule has 1 atom stereocenters. The Balaban J connectivity index is 1.51. The fourth-order valence-electron chi connectivity index (χ4n) is 4.84. The number of H-pyrrole nitrogens is 1. The van der Waals surface area contributed by atoms with Crippen molar-refractivity contribution in [3.63, 3.8) is 0 Å². The summed E-state index contributed by atoms with van der Waals surface area (Å²) in [7, 11) is 4.04. The number of ether oxygens (including phenoxy) is 1. The van der Waals surface area contributed by atoms with Gasteiger partial charge in [0.25, 0.3) is 0 Å². The molecule has 2 aromatic rings. The summed E-state index contributed by atoms with van der Waals surface area (Å²) in [6, 6.07) is 7.78. The maximum absolute atomic E-state index is 5.30. The number of hydrogen-bond acceptors (Lipinski definition) is 3. The normalized spacial score (nSPS) is 23.2. The Bertz CT molecular complexity index is 717. The molecule has 0 amide bonds. The number of aromatic nitrogens is 1. The van der Waals surface area contributed by atoms with E-state index >= 15 is 0 Å². The van der Waals surface area contributed by atoms with Crippen LogP contribution in [0.4, 0.5) is 0 Å². The topological polar surface area (TPSA) is 31.5 Å². The molecule has 2 aliphatic rings. The number of rotatable bonds is 6. The van der Waals surface area contributed by atoms with Gasteiger partial charge in [0.15, 0.2) is 0 Å². The summed E-state index contributed by atoms with van der Waals surface area (Å²) in [6.07, 6.45) is 8.60. The van der Waals surface area contributed by atoms with Crippen molar-refractivity contribution in [1.82, 2.24) is 14.8 Å². The van der Waals surface area contributed by atoms with E-state index in [0.29, 0.717) is 6.04 Å². The molecular weight excluding hydrogens is 322 g/mol. The molecule has 0 saturated carbocycles. The van der Waals surface area contributed by atoms with E-state index in [1.165, 1.54) is 67.3 Å². The molecule has 1 aromatic heterocycles. The van der Waals surface area contributed by atoms with Gasteiger partial charge in [0.05, 0.1) is 6.61 Å². The van der Waals surface area contributed by atoms with Gasteiger partial charge in [-0.1, -0.05) is 6.07 Å². The van der Waals surface area contributed by atoms with Crippen molar-refractivity contribution in [1.29, 1.82) is 0 Å². The van der Waals surface area contributed by atoms with Gasteiger partial charge in [-0.3, -0.25) is 4.90 Å². The van der Waals surface area contributed by atoms with E-state index in [9.17, 15) is 0 Å². The van der Waals surface area contributed by atoms with E-state index in [0.717, 1.165) is 25.5 Å². The highest BCUT2D eigenvalue weighted by Gasteiger charge is 2.25. The van der Waals surface area contributed by atoms with Crippen LogP contribution in [0, 0.1) is 0 Å². The molecule has 2 saturated heterocycles. The number of likely N-dealkylation sites (tertiary alicyclic amines) is 2. The van der Waals surface area contributed by atoms with Crippen LogP contribution in [0.15, 0.2) is 24.4 Å². The van der Waals surface area contributed by atoms with Crippen LogP contribution < -0.4 is 0 Å². The van der Waals surface area contributed by atoms with Crippen LogP contribution in [-0.2, 0) is 11.2 Å². The van der Waals surface area contributed by atoms with Gasteiger partial charge in [-0.05, 0) is 88.0 Å². The molecular formula is C22H33N3O. The highest BCUT2D eigenvalue weighted by atomic mass is 16.5. The molecule has 1 unspecified atom stereocenters. The summed E-state index contributed by atoms with van der Waals surface area (Å²) < 4.78 is 5.30. The monoisotopic (exact) mass is 355 g/mol. The smallest absolute Gasteiger partial charge is 0.0589 e. The Hall–Kier alpha value is -1.36. The summed E-state index contributed by atoms with van der Waals surface area (Å²) in [6.45, 7) is 5.56. The minimum Gasteiger partial charge on any atom is -0.383 e. The third-order valence-corrected chi connectivity index (χ3v) is 6.52. The average molecular weight is 356 g/mol. The number of benzene rings is 1. The lowest BCUT2D eigenvalue weighted by molar-refractivity contribution is 0.141. The number of methoxy groups -OCH3 is 1. The SMILES string of the molecule is COCCN1CCCC1Cc1c[nH]c2ccc(C3CCN(C)CC3)cc12. The van der Waals surface area contributed by atoms with Crippen LogP contribution in [0.3, 0.4) is 0 Å². The minimum atomic E-state index is 0.663. The summed E-state index contributed by atoms with van der Waals surface area (Å²) >= 11 is 0. The third kappa shape index (κ3) is 3.83. The molecule has 4 rings (SSSR count). The molecule has 0 aliphatic carbocycles. The van der Waals surface area contributed by atoms with Crippen molar-refractivity contribution >= 4 is 10.9 Å². The molecule has 142 valence electrons. The molecule has 3 heterocycles. The van der Waals surface area contributed by atoms with Gasteiger partial charge in [-0.15, -0.1) is 0 Å². The van der Waals surface area contributed by atoms with Gasteiger partial charge in [0, 0.05) is 36.8 Å². The Kier molecular flexibility index (Phi) is 5.63. The summed E-state index contributed by atoms with van der Waals surface area (Å²) in [5.41, 5.74) is 4.32. The average Bonchev–Trinajstić information content (AvgIpc) is 3.27. The van der Waals surface area contributed by atoms with E-state index in [1.807, 2.05) is 0 Å². The maximum Gasteiger partial charge on any atom is 0.0589 e. The Morgan fingerprint density at radius 2 is 2.00 bits per heavy atom. The Morgan fingerprint density at radius 3 is 2.81 bits per heavy atom. The second-order valence-corrected chi connectivity index (χ2v) is 8.23. The van der Waals surface area contributed by atoms with Gasteiger partial charge >= 0.3 is 0 Å². The van der Waals surface area contributed by atoms with Crippen LogP contribution in [0.2, 0.25) is 0 Å². The standard InChI is InChI=1S/C22H33N3O/c1-24-10-7-17(8-11-24)18-5-6-22-21(15-18)19(16-23-22)14-20-4-3-9-25(20)12-13-26-2/h5-6,15-17,20,23H,3-4,7-14H2,1-2H3. The van der Waals surface area contributed by atoms with E-state index in [1.54, 1.807) is 7.11 Å². The lowest BCUT2D eigenvalue weighted by atomic mass is 9.88. The van der Waals surface area contributed by atoms with Crippen molar-refractivity contribution in [2.45, 2.75) is 44.1 Å². The lowest BCUT2D eigenvalue weighted by Crippen LogP contribution is -2.33. The van der Waals surface area contributed by atoms with Gasteiger partial charge in [0.2, 0.25) is 0 Å². The zero-order chi connectivity index (χ0) is 17.9. The van der Waals surface area contributed by atoms with Crippen molar-refractivity contribution in [2.75, 3.05) is 46.9 Å². The molecule has 0 bridgehead atoms. The van der Waals surface area contributed by atoms with Crippen LogP contribution in [0.25, 0.3) is 10.9 Å². The number of piperidine rings is 1. The lowest BCUT2D eigenvalue weighted by Gasteiger charge is -2.29. The summed E-state index contributed by atoms with van der Waals surface area (Å²) in [4.78, 5) is 8.57. The number of nitrogens with one attached hydrogen (secondary N) is 1. The second-order valence-electron chi connectivity index (χ2n) is 8.23. The highest BCUT2D eigenvalue weighted by molar-refractivity contribution is 5.84. The van der Waals surface area contributed by atoms with E-state index < -0.39 is 0 Å². The van der Waals surface area contributed by atoms with Gasteiger partial charge < -0.3 is 14.6 Å². The zero-order valence-corrected chi connectivity index (χ0v) is 16.3. The molecule has 0 spiro atoms. The van der Waals surface area contributed by atoms with E-state index in [-0.39, 0.29) is 0 Å². The van der Waals surface area contributed by atoms with Crippen molar-refractivity contribution in [3.8, 4) is 0 Å². The highest BCUT2D eigenvalue weighted by Crippen LogP contribution is 2.32. The largest absolute Gasteiger partial charge is 0.383 e.